The molecule has 1 amide bonds. The fourth-order valence-electron chi connectivity index (χ4n) is 0.966. The fourth-order valence-corrected chi connectivity index (χ4v) is 1.13. The monoisotopic (exact) mass is 259 g/mol. The molecule has 4 nitrogen and oxygen atoms in total. The Morgan fingerprint density at radius 3 is 2.93 bits per heavy atom. The molecule has 0 aliphatic rings. The van der Waals surface area contributed by atoms with E-state index >= 15 is 0 Å². The van der Waals surface area contributed by atoms with Crippen molar-refractivity contribution < 1.29 is 4.79 Å². The molecule has 1 aromatic rings. The predicted octanol–water partition coefficient (Wildman–Crippen LogP) is 1.45. The Balaban J connectivity index is 2.35. The second-order valence-corrected chi connectivity index (χ2v) is 4.43. The Morgan fingerprint density at radius 1 is 1.71 bits per heavy atom. The minimum atomic E-state index is -0.134. The number of nitrogens with zero attached hydrogens (tertiary/aromatic N) is 1. The summed E-state index contributed by atoms with van der Waals surface area (Å²) in [6.45, 7) is 4.48. The Hall–Kier alpha value is -0.840. The average Bonchev–Trinajstić information content (AvgIpc) is 2.65. The molecule has 0 fully saturated rings. The minimum Gasteiger partial charge on any atom is -0.349 e. The Morgan fingerprint density at radius 2 is 2.43 bits per heavy atom. The lowest BCUT2D eigenvalue weighted by Gasteiger charge is -2.12. The van der Waals surface area contributed by atoms with Gasteiger partial charge in [0.1, 0.15) is 0 Å². The third-order valence-electron chi connectivity index (χ3n) is 1.85. The molecule has 0 aromatic carbocycles. The van der Waals surface area contributed by atoms with Gasteiger partial charge in [-0.3, -0.25) is 9.89 Å². The first kappa shape index (κ1) is 11.2. The second-order valence-electron chi connectivity index (χ2n) is 3.45. The molecule has 0 spiro atoms. The molecule has 0 aliphatic heterocycles. The number of carbonyl (C=O) groups is 1. The van der Waals surface area contributed by atoms with Gasteiger partial charge in [0.2, 0.25) is 5.91 Å². The summed E-state index contributed by atoms with van der Waals surface area (Å²) in [5.74, 6) is 0.298. The van der Waals surface area contributed by atoms with Gasteiger partial charge in [-0.15, -0.1) is 0 Å². The standard InChI is InChI=1S/C9H14BrN3O/c1-6(2)8(10)9(14)11-5-7-3-4-12-13-7/h3-4,6,8H,5H2,1-2H3,(H,11,14)(H,12,13). The van der Waals surface area contributed by atoms with Gasteiger partial charge < -0.3 is 5.32 Å². The van der Waals surface area contributed by atoms with Crippen LogP contribution in [0.3, 0.4) is 0 Å². The number of hydrogen-bond donors (Lipinski definition) is 2. The number of carbonyl (C=O) groups excluding carboxylic acids is 1. The molecule has 1 heterocycles. The normalized spacial score (nSPS) is 12.9. The lowest BCUT2D eigenvalue weighted by Crippen LogP contribution is -2.33. The van der Waals surface area contributed by atoms with Gasteiger partial charge in [0.15, 0.2) is 0 Å². The number of aromatic amines is 1. The zero-order valence-electron chi connectivity index (χ0n) is 8.25. The van der Waals surface area contributed by atoms with Crippen LogP contribution >= 0.6 is 15.9 Å². The number of aromatic nitrogens is 2. The third-order valence-corrected chi connectivity index (χ3v) is 3.32. The maximum absolute atomic E-state index is 11.5. The Bertz CT molecular complexity index is 284. The minimum absolute atomic E-state index is 0.00889. The molecule has 0 bridgehead atoms. The van der Waals surface area contributed by atoms with E-state index in [1.807, 2.05) is 19.9 Å². The van der Waals surface area contributed by atoms with E-state index in [0.29, 0.717) is 6.54 Å². The van der Waals surface area contributed by atoms with Gasteiger partial charge in [-0.1, -0.05) is 29.8 Å². The first-order chi connectivity index (χ1) is 6.61. The van der Waals surface area contributed by atoms with Crippen molar-refractivity contribution in [3.05, 3.63) is 18.0 Å². The quantitative estimate of drug-likeness (QED) is 0.805. The van der Waals surface area contributed by atoms with Crippen molar-refractivity contribution >= 4 is 21.8 Å². The molecule has 0 saturated carbocycles. The van der Waals surface area contributed by atoms with Crippen molar-refractivity contribution in [2.45, 2.75) is 25.2 Å². The van der Waals surface area contributed by atoms with Crippen LogP contribution < -0.4 is 5.32 Å². The highest BCUT2D eigenvalue weighted by atomic mass is 79.9. The van der Waals surface area contributed by atoms with Crippen LogP contribution in [0.5, 0.6) is 0 Å². The molecule has 1 rings (SSSR count). The molecule has 14 heavy (non-hydrogen) atoms. The Labute approximate surface area is 91.6 Å². The molecule has 5 heteroatoms. The van der Waals surface area contributed by atoms with Gasteiger partial charge in [0.25, 0.3) is 0 Å². The summed E-state index contributed by atoms with van der Waals surface area (Å²) in [5, 5.41) is 9.38. The summed E-state index contributed by atoms with van der Waals surface area (Å²) in [4.78, 5) is 11.4. The van der Waals surface area contributed by atoms with Crippen LogP contribution in [0.25, 0.3) is 0 Å². The van der Waals surface area contributed by atoms with Crippen molar-refractivity contribution in [3.8, 4) is 0 Å². The van der Waals surface area contributed by atoms with Crippen LogP contribution in [0.4, 0.5) is 0 Å². The van der Waals surface area contributed by atoms with Crippen LogP contribution in [-0.2, 0) is 11.3 Å². The highest BCUT2D eigenvalue weighted by Gasteiger charge is 2.17. The number of alkyl halides is 1. The number of nitrogens with one attached hydrogen (secondary N) is 2. The van der Waals surface area contributed by atoms with Gasteiger partial charge in [0.05, 0.1) is 17.1 Å². The van der Waals surface area contributed by atoms with Crippen molar-refractivity contribution in [1.82, 2.24) is 15.5 Å². The molecule has 1 aromatic heterocycles. The van der Waals surface area contributed by atoms with E-state index in [1.165, 1.54) is 0 Å². The van der Waals surface area contributed by atoms with Gasteiger partial charge in [-0.05, 0) is 12.0 Å². The number of hydrogen-bond acceptors (Lipinski definition) is 2. The zero-order chi connectivity index (χ0) is 10.6. The van der Waals surface area contributed by atoms with Crippen molar-refractivity contribution in [1.29, 1.82) is 0 Å². The summed E-state index contributed by atoms with van der Waals surface area (Å²) in [6, 6.07) is 1.83. The van der Waals surface area contributed by atoms with Gasteiger partial charge in [-0.25, -0.2) is 0 Å². The third kappa shape index (κ3) is 3.14. The fraction of sp³-hybridized carbons (Fsp3) is 0.556. The summed E-state index contributed by atoms with van der Waals surface area (Å²) in [7, 11) is 0. The number of amides is 1. The molecule has 1 atom stereocenters. The number of halogens is 1. The second kappa shape index (κ2) is 5.14. The van der Waals surface area contributed by atoms with Crippen LogP contribution in [-0.4, -0.2) is 20.9 Å². The highest BCUT2D eigenvalue weighted by Crippen LogP contribution is 2.11. The first-order valence-corrected chi connectivity index (χ1v) is 5.43. The summed E-state index contributed by atoms with van der Waals surface area (Å²) in [6.07, 6.45) is 1.66. The lowest BCUT2D eigenvalue weighted by atomic mass is 10.1. The number of H-pyrrole nitrogens is 1. The largest absolute Gasteiger partial charge is 0.349 e. The summed E-state index contributed by atoms with van der Waals surface area (Å²) < 4.78 is 0. The first-order valence-electron chi connectivity index (χ1n) is 4.51. The molecule has 0 radical (unpaired) electrons. The smallest absolute Gasteiger partial charge is 0.234 e. The summed E-state index contributed by atoms with van der Waals surface area (Å²) in [5.41, 5.74) is 0.904. The molecule has 2 N–H and O–H groups in total. The van der Waals surface area contributed by atoms with Crippen LogP contribution in [0.1, 0.15) is 19.5 Å². The maximum atomic E-state index is 11.5. The zero-order valence-corrected chi connectivity index (χ0v) is 9.84. The molecule has 0 saturated heterocycles. The maximum Gasteiger partial charge on any atom is 0.234 e. The van der Waals surface area contributed by atoms with Gasteiger partial charge in [-0.2, -0.15) is 5.10 Å². The van der Waals surface area contributed by atoms with Crippen LogP contribution in [0.15, 0.2) is 12.3 Å². The molecular weight excluding hydrogens is 246 g/mol. The SMILES string of the molecule is CC(C)C(Br)C(=O)NCc1ccn[nH]1. The van der Waals surface area contributed by atoms with E-state index in [4.69, 9.17) is 0 Å². The van der Waals surface area contributed by atoms with E-state index in [1.54, 1.807) is 6.20 Å². The molecule has 1 unspecified atom stereocenters. The highest BCUT2D eigenvalue weighted by molar-refractivity contribution is 9.10. The van der Waals surface area contributed by atoms with Crippen LogP contribution in [0, 0.1) is 5.92 Å². The molecule has 78 valence electrons. The van der Waals surface area contributed by atoms with E-state index in [2.05, 4.69) is 31.4 Å². The van der Waals surface area contributed by atoms with Crippen molar-refractivity contribution in [3.63, 3.8) is 0 Å². The van der Waals surface area contributed by atoms with Gasteiger partial charge >= 0.3 is 0 Å². The lowest BCUT2D eigenvalue weighted by molar-refractivity contribution is -0.121. The van der Waals surface area contributed by atoms with Crippen molar-refractivity contribution in [2.75, 3.05) is 0 Å². The average molecular weight is 260 g/mol. The van der Waals surface area contributed by atoms with E-state index in [9.17, 15) is 4.79 Å². The van der Waals surface area contributed by atoms with E-state index in [-0.39, 0.29) is 16.7 Å². The topological polar surface area (TPSA) is 57.8 Å². The molecular formula is C9H14BrN3O. The Kier molecular flexibility index (Phi) is 4.13. The predicted molar refractivity (Wildman–Crippen MR) is 58.0 cm³/mol. The van der Waals surface area contributed by atoms with E-state index < -0.39 is 0 Å². The van der Waals surface area contributed by atoms with Gasteiger partial charge in [0, 0.05) is 6.20 Å². The number of rotatable bonds is 4. The van der Waals surface area contributed by atoms with Crippen molar-refractivity contribution in [2.24, 2.45) is 5.92 Å². The van der Waals surface area contributed by atoms with E-state index in [0.717, 1.165) is 5.69 Å². The molecule has 0 aliphatic carbocycles. The summed E-state index contributed by atoms with van der Waals surface area (Å²) >= 11 is 3.33. The van der Waals surface area contributed by atoms with Crippen LogP contribution in [0.2, 0.25) is 0 Å².